The van der Waals surface area contributed by atoms with Crippen LogP contribution in [0, 0.1) is 5.82 Å². The molecule has 0 radical (unpaired) electrons. The lowest BCUT2D eigenvalue weighted by Crippen LogP contribution is -2.61. The predicted octanol–water partition coefficient (Wildman–Crippen LogP) is 2.39. The minimum atomic E-state index is -3.83. The summed E-state index contributed by atoms with van der Waals surface area (Å²) in [5.41, 5.74) is 0.411. The zero-order valence-corrected chi connectivity index (χ0v) is 16.4. The molecule has 1 amide bonds. The van der Waals surface area contributed by atoms with E-state index >= 15 is 0 Å². The van der Waals surface area contributed by atoms with Crippen LogP contribution in [0.4, 0.5) is 4.39 Å². The van der Waals surface area contributed by atoms with Crippen molar-refractivity contribution in [2.75, 3.05) is 26.2 Å². The van der Waals surface area contributed by atoms with Gasteiger partial charge >= 0.3 is 0 Å². The second-order valence-electron chi connectivity index (χ2n) is 6.85. The Hall–Kier alpha value is -2.00. The molecular formula is C19H18ClFN2O4S. The summed E-state index contributed by atoms with van der Waals surface area (Å²) >= 11 is 6.13. The van der Waals surface area contributed by atoms with Gasteiger partial charge in [0.25, 0.3) is 5.91 Å². The van der Waals surface area contributed by atoms with E-state index in [0.717, 1.165) is 6.07 Å². The Bertz CT molecular complexity index is 1000. The van der Waals surface area contributed by atoms with E-state index in [9.17, 15) is 17.6 Å². The monoisotopic (exact) mass is 424 g/mol. The Balaban J connectivity index is 1.51. The smallest absolute Gasteiger partial charge is 0.255 e. The van der Waals surface area contributed by atoms with Crippen LogP contribution in [0.25, 0.3) is 0 Å². The molecule has 2 heterocycles. The number of amides is 1. The van der Waals surface area contributed by atoms with Crippen LogP contribution in [0.2, 0.25) is 5.02 Å². The van der Waals surface area contributed by atoms with Crippen molar-refractivity contribution in [3.8, 4) is 0 Å². The van der Waals surface area contributed by atoms with E-state index in [-0.39, 0.29) is 37.0 Å². The van der Waals surface area contributed by atoms with Crippen molar-refractivity contribution in [1.29, 1.82) is 0 Å². The maximum Gasteiger partial charge on any atom is 0.255 e. The summed E-state index contributed by atoms with van der Waals surface area (Å²) in [4.78, 5) is 14.4. The van der Waals surface area contributed by atoms with Gasteiger partial charge in [-0.2, -0.15) is 4.31 Å². The van der Waals surface area contributed by atoms with E-state index in [1.165, 1.54) is 22.5 Å². The average Bonchev–Trinajstić information content (AvgIpc) is 2.67. The summed E-state index contributed by atoms with van der Waals surface area (Å²) in [6.07, 6.45) is -0.912. The van der Waals surface area contributed by atoms with Gasteiger partial charge in [-0.3, -0.25) is 4.79 Å². The first-order valence-electron chi connectivity index (χ1n) is 8.79. The number of rotatable bonds is 3. The molecule has 148 valence electrons. The lowest BCUT2D eigenvalue weighted by molar-refractivity contribution is -0.113. The van der Waals surface area contributed by atoms with Gasteiger partial charge in [-0.15, -0.1) is 0 Å². The van der Waals surface area contributed by atoms with Crippen LogP contribution >= 0.6 is 11.6 Å². The highest BCUT2D eigenvalue weighted by atomic mass is 35.5. The summed E-state index contributed by atoms with van der Waals surface area (Å²) < 4.78 is 46.3. The maximum atomic E-state index is 13.5. The molecule has 2 aromatic rings. The van der Waals surface area contributed by atoms with E-state index in [0.29, 0.717) is 10.6 Å². The topological polar surface area (TPSA) is 66.9 Å². The third kappa shape index (κ3) is 3.65. The largest absolute Gasteiger partial charge is 0.369 e. The van der Waals surface area contributed by atoms with E-state index in [1.807, 2.05) is 0 Å². The third-order valence-corrected chi connectivity index (χ3v) is 7.03. The Labute approximate surface area is 167 Å². The van der Waals surface area contributed by atoms with Crippen LogP contribution in [0.15, 0.2) is 53.4 Å². The van der Waals surface area contributed by atoms with Crippen molar-refractivity contribution >= 4 is 27.5 Å². The van der Waals surface area contributed by atoms with Crippen LogP contribution in [0.5, 0.6) is 0 Å². The Morgan fingerprint density at radius 3 is 2.36 bits per heavy atom. The molecule has 4 rings (SSSR count). The third-order valence-electron chi connectivity index (χ3n) is 4.87. The normalized spacial score (nSPS) is 22.9. The maximum absolute atomic E-state index is 13.5. The second kappa shape index (κ2) is 7.44. The van der Waals surface area contributed by atoms with Gasteiger partial charge in [0.1, 0.15) is 5.82 Å². The minimum Gasteiger partial charge on any atom is -0.369 e. The zero-order valence-electron chi connectivity index (χ0n) is 14.8. The molecule has 2 unspecified atom stereocenters. The molecule has 2 saturated heterocycles. The quantitative estimate of drug-likeness (QED) is 0.758. The van der Waals surface area contributed by atoms with E-state index in [4.69, 9.17) is 16.3 Å². The second-order valence-corrected chi connectivity index (χ2v) is 9.19. The standard InChI is InChI=1S/C19H18ClFN2O4S/c20-18-7-2-1-6-17(18)19(24)22-9-14-11-23(12-15(10-22)27-14)28(25,26)16-5-3-4-13(21)8-16/h1-8,14-15H,9-12H2. The van der Waals surface area contributed by atoms with Crippen molar-refractivity contribution in [3.05, 3.63) is 64.9 Å². The highest BCUT2D eigenvalue weighted by Crippen LogP contribution is 2.27. The minimum absolute atomic E-state index is 0.0866. The van der Waals surface area contributed by atoms with Crippen molar-refractivity contribution < 1.29 is 22.3 Å². The van der Waals surface area contributed by atoms with E-state index < -0.39 is 28.0 Å². The number of ether oxygens (including phenoxy) is 1. The van der Waals surface area contributed by atoms with Crippen molar-refractivity contribution in [2.45, 2.75) is 17.1 Å². The fraction of sp³-hybridized carbons (Fsp3) is 0.316. The number of sulfonamides is 1. The van der Waals surface area contributed by atoms with Crippen molar-refractivity contribution in [2.24, 2.45) is 0 Å². The van der Waals surface area contributed by atoms with Crippen LogP contribution < -0.4 is 0 Å². The summed E-state index contributed by atoms with van der Waals surface area (Å²) in [7, 11) is -3.83. The predicted molar refractivity (Wildman–Crippen MR) is 101 cm³/mol. The van der Waals surface area contributed by atoms with E-state index in [2.05, 4.69) is 0 Å². The van der Waals surface area contributed by atoms with E-state index in [1.54, 1.807) is 29.2 Å². The molecule has 0 aromatic heterocycles. The summed E-state index contributed by atoms with van der Waals surface area (Å²) in [6.45, 7) is 0.717. The average molecular weight is 425 g/mol. The fourth-order valence-corrected chi connectivity index (χ4v) is 5.35. The lowest BCUT2D eigenvalue weighted by atomic mass is 10.1. The highest BCUT2D eigenvalue weighted by molar-refractivity contribution is 7.89. The van der Waals surface area contributed by atoms with Gasteiger partial charge < -0.3 is 9.64 Å². The van der Waals surface area contributed by atoms with Gasteiger partial charge in [0.05, 0.1) is 27.7 Å². The van der Waals surface area contributed by atoms with Crippen LogP contribution in [-0.2, 0) is 14.8 Å². The molecule has 0 N–H and O–H groups in total. The van der Waals surface area contributed by atoms with Crippen molar-refractivity contribution in [1.82, 2.24) is 9.21 Å². The molecule has 2 aromatic carbocycles. The number of halogens is 2. The molecular weight excluding hydrogens is 407 g/mol. The first-order valence-corrected chi connectivity index (χ1v) is 10.6. The molecule has 0 saturated carbocycles. The van der Waals surface area contributed by atoms with Gasteiger partial charge in [-0.1, -0.05) is 29.8 Å². The molecule has 2 fully saturated rings. The first kappa shape index (κ1) is 19.3. The Morgan fingerprint density at radius 2 is 1.71 bits per heavy atom. The fourth-order valence-electron chi connectivity index (χ4n) is 3.60. The number of morpholine rings is 2. The van der Waals surface area contributed by atoms with Gasteiger partial charge in [0.2, 0.25) is 10.0 Å². The zero-order chi connectivity index (χ0) is 19.9. The molecule has 2 atom stereocenters. The van der Waals surface area contributed by atoms with Crippen LogP contribution in [0.3, 0.4) is 0 Å². The molecule has 28 heavy (non-hydrogen) atoms. The van der Waals surface area contributed by atoms with Gasteiger partial charge in [-0.25, -0.2) is 12.8 Å². The van der Waals surface area contributed by atoms with Gasteiger partial charge in [0, 0.05) is 26.2 Å². The molecule has 0 aliphatic carbocycles. The number of hydrogen-bond donors (Lipinski definition) is 0. The first-order chi connectivity index (χ1) is 13.3. The molecule has 2 aliphatic rings. The summed E-state index contributed by atoms with van der Waals surface area (Å²) in [5.74, 6) is -0.809. The number of carbonyl (C=O) groups is 1. The molecule has 0 spiro atoms. The number of fused-ring (bicyclic) bond motifs is 2. The van der Waals surface area contributed by atoms with Gasteiger partial charge in [-0.05, 0) is 30.3 Å². The Kier molecular flexibility index (Phi) is 5.13. The molecule has 2 bridgehead atoms. The number of hydrogen-bond acceptors (Lipinski definition) is 4. The lowest BCUT2D eigenvalue weighted by Gasteiger charge is -2.45. The van der Waals surface area contributed by atoms with Crippen LogP contribution in [-0.4, -0.2) is 61.9 Å². The summed E-state index contributed by atoms with van der Waals surface area (Å²) in [5, 5.41) is 0.374. The van der Waals surface area contributed by atoms with Crippen LogP contribution in [0.1, 0.15) is 10.4 Å². The summed E-state index contributed by atoms with van der Waals surface area (Å²) in [6, 6.07) is 11.8. The number of carbonyl (C=O) groups excluding carboxylic acids is 1. The number of benzene rings is 2. The van der Waals surface area contributed by atoms with Gasteiger partial charge in [0.15, 0.2) is 0 Å². The SMILES string of the molecule is O=C(c1ccccc1Cl)N1CC2CN(S(=O)(=O)c3cccc(F)c3)CC(C1)O2. The molecule has 6 nitrogen and oxygen atoms in total. The Morgan fingerprint density at radius 1 is 1.04 bits per heavy atom. The molecule has 9 heteroatoms. The number of nitrogens with zero attached hydrogens (tertiary/aromatic N) is 2. The highest BCUT2D eigenvalue weighted by Gasteiger charge is 2.41. The van der Waals surface area contributed by atoms with Crippen molar-refractivity contribution in [3.63, 3.8) is 0 Å². The molecule has 2 aliphatic heterocycles.